The molecule has 1 amide bonds. The van der Waals surface area contributed by atoms with Gasteiger partial charge in [0.2, 0.25) is 0 Å². The zero-order chi connectivity index (χ0) is 18.5. The lowest BCUT2D eigenvalue weighted by Gasteiger charge is -2.25. The number of carbonyl (C=O) groups excluding carboxylic acids is 1. The fourth-order valence-electron chi connectivity index (χ4n) is 3.34. The number of para-hydroxylation sites is 1. The zero-order valence-electron chi connectivity index (χ0n) is 14.0. The number of halogens is 1. The van der Waals surface area contributed by atoms with Gasteiger partial charge in [-0.15, -0.1) is 0 Å². The number of amides is 1. The zero-order valence-corrected chi connectivity index (χ0v) is 16.4. The van der Waals surface area contributed by atoms with Crippen molar-refractivity contribution in [3.05, 3.63) is 78.3 Å². The van der Waals surface area contributed by atoms with Crippen LogP contribution in [0.3, 0.4) is 0 Å². The summed E-state index contributed by atoms with van der Waals surface area (Å²) in [6.45, 7) is 0.870. The van der Waals surface area contributed by atoms with Crippen molar-refractivity contribution in [1.82, 2.24) is 4.57 Å². The van der Waals surface area contributed by atoms with Gasteiger partial charge in [0.1, 0.15) is 17.9 Å². The summed E-state index contributed by atoms with van der Waals surface area (Å²) in [4.78, 5) is 32.8. The second-order valence-corrected chi connectivity index (χ2v) is 8.18. The Kier molecular flexibility index (Phi) is 3.76. The van der Waals surface area contributed by atoms with E-state index in [0.29, 0.717) is 28.2 Å². The van der Waals surface area contributed by atoms with Crippen LogP contribution in [0, 0.1) is 0 Å². The van der Waals surface area contributed by atoms with Gasteiger partial charge in [0.05, 0.1) is 5.57 Å². The number of fused-ring (bicyclic) bond motifs is 2. The van der Waals surface area contributed by atoms with Crippen molar-refractivity contribution < 1.29 is 4.79 Å². The molecule has 3 aromatic rings. The first-order chi connectivity index (χ1) is 13.1. The van der Waals surface area contributed by atoms with Gasteiger partial charge >= 0.3 is 0 Å². The number of hydrogen-bond acceptors (Lipinski definition) is 5. The van der Waals surface area contributed by atoms with E-state index in [1.54, 1.807) is 4.57 Å². The number of carbonyl (C=O) groups is 1. The average molecular weight is 441 g/mol. The average Bonchev–Trinajstić information content (AvgIpc) is 3.17. The molecule has 0 saturated carbocycles. The van der Waals surface area contributed by atoms with E-state index in [1.165, 1.54) is 11.3 Å². The molecular formula is C19H13BrN4O2S. The normalized spacial score (nSPS) is 17.2. The quantitative estimate of drug-likeness (QED) is 0.627. The molecule has 2 aliphatic rings. The number of benzene rings is 2. The molecule has 134 valence electrons. The van der Waals surface area contributed by atoms with E-state index in [9.17, 15) is 9.59 Å². The van der Waals surface area contributed by atoms with Crippen LogP contribution < -0.4 is 25.1 Å². The van der Waals surface area contributed by atoms with E-state index in [1.807, 2.05) is 53.4 Å². The largest absolute Gasteiger partial charge is 0.334 e. The van der Waals surface area contributed by atoms with Crippen LogP contribution >= 0.6 is 27.3 Å². The van der Waals surface area contributed by atoms with Gasteiger partial charge in [-0.25, -0.2) is 4.99 Å². The Morgan fingerprint density at radius 1 is 1.11 bits per heavy atom. The van der Waals surface area contributed by atoms with Gasteiger partial charge in [-0.3, -0.25) is 14.2 Å². The van der Waals surface area contributed by atoms with Gasteiger partial charge in [-0.05, 0) is 24.3 Å². The maximum Gasteiger partial charge on any atom is 0.272 e. The fourth-order valence-corrected chi connectivity index (χ4v) is 4.78. The minimum Gasteiger partial charge on any atom is -0.334 e. The lowest BCUT2D eigenvalue weighted by atomic mass is 10.1. The van der Waals surface area contributed by atoms with E-state index < -0.39 is 0 Å². The number of nitrogens with one attached hydrogen (secondary N) is 1. The number of rotatable bonds is 1. The topological polar surface area (TPSA) is 66.7 Å². The molecule has 3 heterocycles. The standard InChI is InChI=1S/C19H13BrN4O2S/c20-11-4-3-5-12(8-11)23-9-21-19-24(10-23)18(26)16(27-19)15-13-6-1-2-7-14(13)22-17(15)25/h1-8H,9-10H2,(H,22,25)/b16-15-. The summed E-state index contributed by atoms with van der Waals surface area (Å²) in [7, 11) is 0. The molecule has 2 aromatic carbocycles. The lowest BCUT2D eigenvalue weighted by Crippen LogP contribution is -2.43. The maximum atomic E-state index is 13.1. The number of thiazole rings is 1. The van der Waals surface area contributed by atoms with Crippen molar-refractivity contribution >= 4 is 50.1 Å². The molecule has 1 N–H and O–H groups in total. The monoisotopic (exact) mass is 440 g/mol. The summed E-state index contributed by atoms with van der Waals surface area (Å²) in [6, 6.07) is 15.3. The van der Waals surface area contributed by atoms with E-state index in [2.05, 4.69) is 26.2 Å². The van der Waals surface area contributed by atoms with Crippen LogP contribution in [0.1, 0.15) is 5.56 Å². The van der Waals surface area contributed by atoms with E-state index in [-0.39, 0.29) is 11.5 Å². The van der Waals surface area contributed by atoms with Crippen molar-refractivity contribution in [1.29, 1.82) is 0 Å². The fraction of sp³-hybridized carbons (Fsp3) is 0.105. The molecule has 0 radical (unpaired) electrons. The van der Waals surface area contributed by atoms with Crippen molar-refractivity contribution in [2.75, 3.05) is 16.9 Å². The molecule has 0 bridgehead atoms. The van der Waals surface area contributed by atoms with Gasteiger partial charge in [-0.1, -0.05) is 51.5 Å². The minimum atomic E-state index is -0.239. The highest BCUT2D eigenvalue weighted by Crippen LogP contribution is 2.29. The van der Waals surface area contributed by atoms with Crippen LogP contribution in [0.4, 0.5) is 11.4 Å². The van der Waals surface area contributed by atoms with Gasteiger partial charge in [-0.2, -0.15) is 0 Å². The summed E-state index contributed by atoms with van der Waals surface area (Å²) in [6.07, 6.45) is 0. The van der Waals surface area contributed by atoms with Crippen molar-refractivity contribution in [2.24, 2.45) is 4.99 Å². The third kappa shape index (κ3) is 2.64. The number of nitrogens with zero attached hydrogens (tertiary/aromatic N) is 3. The molecule has 0 fully saturated rings. The van der Waals surface area contributed by atoms with E-state index >= 15 is 0 Å². The molecule has 0 atom stereocenters. The number of hydrogen-bond donors (Lipinski definition) is 1. The molecule has 2 aliphatic heterocycles. The smallest absolute Gasteiger partial charge is 0.272 e. The molecular weight excluding hydrogens is 428 g/mol. The number of aromatic nitrogens is 1. The van der Waals surface area contributed by atoms with Crippen LogP contribution in [0.2, 0.25) is 0 Å². The second kappa shape index (κ2) is 6.17. The van der Waals surface area contributed by atoms with Crippen LogP contribution in [-0.2, 0) is 11.5 Å². The Morgan fingerprint density at radius 3 is 2.81 bits per heavy atom. The Hall–Kier alpha value is -2.71. The van der Waals surface area contributed by atoms with Gasteiger partial charge in [0, 0.05) is 21.4 Å². The number of anilines is 2. The molecule has 0 aliphatic carbocycles. The molecule has 0 unspecified atom stereocenters. The molecule has 6 nitrogen and oxygen atoms in total. The van der Waals surface area contributed by atoms with Crippen LogP contribution in [-0.4, -0.2) is 17.1 Å². The van der Waals surface area contributed by atoms with Gasteiger partial charge in [0.15, 0.2) is 4.80 Å². The van der Waals surface area contributed by atoms with Crippen LogP contribution in [0.5, 0.6) is 0 Å². The summed E-state index contributed by atoms with van der Waals surface area (Å²) in [5.74, 6) is -0.239. The summed E-state index contributed by atoms with van der Waals surface area (Å²) in [5.41, 5.74) is 2.74. The van der Waals surface area contributed by atoms with Crippen molar-refractivity contribution in [3.8, 4) is 0 Å². The second-order valence-electron chi connectivity index (χ2n) is 6.28. The first-order valence-corrected chi connectivity index (χ1v) is 9.92. The van der Waals surface area contributed by atoms with Crippen molar-refractivity contribution in [2.45, 2.75) is 6.67 Å². The summed E-state index contributed by atoms with van der Waals surface area (Å²) in [5, 5.41) is 2.83. The van der Waals surface area contributed by atoms with Gasteiger partial charge < -0.3 is 10.2 Å². The molecule has 0 spiro atoms. The van der Waals surface area contributed by atoms with Gasteiger partial charge in [0.25, 0.3) is 11.5 Å². The Morgan fingerprint density at radius 2 is 1.96 bits per heavy atom. The molecule has 27 heavy (non-hydrogen) atoms. The first-order valence-electron chi connectivity index (χ1n) is 8.31. The Labute approximate surface area is 166 Å². The van der Waals surface area contributed by atoms with E-state index in [4.69, 9.17) is 0 Å². The highest BCUT2D eigenvalue weighted by molar-refractivity contribution is 9.10. The Balaban J connectivity index is 1.65. The maximum absolute atomic E-state index is 13.1. The molecule has 0 saturated heterocycles. The predicted octanol–water partition coefficient (Wildman–Crippen LogP) is 1.88. The molecule has 5 rings (SSSR count). The Bertz CT molecular complexity index is 1280. The summed E-state index contributed by atoms with van der Waals surface area (Å²) < 4.78 is 3.04. The highest BCUT2D eigenvalue weighted by Gasteiger charge is 2.27. The first kappa shape index (κ1) is 16.5. The van der Waals surface area contributed by atoms with E-state index in [0.717, 1.165) is 21.4 Å². The summed E-state index contributed by atoms with van der Waals surface area (Å²) >= 11 is 4.75. The molecule has 8 heteroatoms. The highest BCUT2D eigenvalue weighted by atomic mass is 79.9. The third-order valence-electron chi connectivity index (χ3n) is 4.62. The third-order valence-corrected chi connectivity index (χ3v) is 6.23. The molecule has 1 aromatic heterocycles. The SMILES string of the molecule is O=C1Nc2ccccc2/C1=c1/sc2n(c1=O)CN(c1cccc(Br)c1)CN=2. The lowest BCUT2D eigenvalue weighted by molar-refractivity contribution is -0.110. The van der Waals surface area contributed by atoms with Crippen LogP contribution in [0.15, 0.2) is 62.8 Å². The van der Waals surface area contributed by atoms with Crippen LogP contribution in [0.25, 0.3) is 5.57 Å². The minimum absolute atomic E-state index is 0.180. The van der Waals surface area contributed by atoms with Crippen molar-refractivity contribution in [3.63, 3.8) is 0 Å². The predicted molar refractivity (Wildman–Crippen MR) is 108 cm³/mol.